The van der Waals surface area contributed by atoms with Crippen LogP contribution in [0.3, 0.4) is 0 Å². The summed E-state index contributed by atoms with van der Waals surface area (Å²) in [6.07, 6.45) is 0.701. The Hall–Kier alpha value is -3.21. The van der Waals surface area contributed by atoms with Gasteiger partial charge in [-0.15, -0.1) is 0 Å². The number of carbonyl (C=O) groups excluding carboxylic acids is 2. The number of Topliss-reactive ketones (excluding diaryl/α,β-unsaturated/α-hetero) is 1. The quantitative estimate of drug-likeness (QED) is 0.739. The van der Waals surface area contributed by atoms with E-state index in [0.29, 0.717) is 30.6 Å². The first-order valence-electron chi connectivity index (χ1n) is 8.66. The lowest BCUT2D eigenvalue weighted by Gasteiger charge is -2.26. The van der Waals surface area contributed by atoms with Crippen LogP contribution in [-0.4, -0.2) is 33.1 Å². The fourth-order valence-corrected chi connectivity index (χ4v) is 3.35. The second kappa shape index (κ2) is 6.59. The molecule has 1 aliphatic rings. The molecule has 1 N–H and O–H groups in total. The van der Waals surface area contributed by atoms with Gasteiger partial charge >= 0.3 is 0 Å². The summed E-state index contributed by atoms with van der Waals surface area (Å²) in [6.45, 7) is 2.55. The van der Waals surface area contributed by atoms with Crippen molar-refractivity contribution in [2.75, 3.05) is 6.54 Å². The monoisotopic (exact) mass is 345 g/mol. The van der Waals surface area contributed by atoms with Crippen molar-refractivity contribution in [1.82, 2.24) is 14.9 Å². The summed E-state index contributed by atoms with van der Waals surface area (Å²) in [5.41, 5.74) is 3.93. The molecule has 1 aliphatic heterocycles. The molecule has 0 aliphatic carbocycles. The van der Waals surface area contributed by atoms with Gasteiger partial charge in [0.25, 0.3) is 5.91 Å². The smallest absolute Gasteiger partial charge is 0.254 e. The van der Waals surface area contributed by atoms with Gasteiger partial charge in [0.05, 0.1) is 23.5 Å². The van der Waals surface area contributed by atoms with Gasteiger partial charge in [0.1, 0.15) is 5.82 Å². The number of hydrogen-bond acceptors (Lipinski definition) is 3. The van der Waals surface area contributed by atoms with Gasteiger partial charge < -0.3 is 9.88 Å². The van der Waals surface area contributed by atoms with Crippen molar-refractivity contribution >= 4 is 11.7 Å². The molecule has 0 atom stereocenters. The molecule has 0 bridgehead atoms. The number of amides is 1. The van der Waals surface area contributed by atoms with Crippen LogP contribution in [0.15, 0.2) is 54.6 Å². The Kier molecular flexibility index (Phi) is 4.13. The zero-order chi connectivity index (χ0) is 18.1. The summed E-state index contributed by atoms with van der Waals surface area (Å²) < 4.78 is 0. The summed E-state index contributed by atoms with van der Waals surface area (Å²) in [5, 5.41) is 0. The highest BCUT2D eigenvalue weighted by Gasteiger charge is 2.26. The highest BCUT2D eigenvalue weighted by atomic mass is 16.2. The molecule has 2 heterocycles. The average molecular weight is 345 g/mol. The number of fused-ring (bicyclic) bond motifs is 1. The molecule has 1 aromatic heterocycles. The maximum Gasteiger partial charge on any atom is 0.254 e. The summed E-state index contributed by atoms with van der Waals surface area (Å²) in [6, 6.07) is 16.9. The van der Waals surface area contributed by atoms with E-state index >= 15 is 0 Å². The van der Waals surface area contributed by atoms with E-state index < -0.39 is 0 Å². The van der Waals surface area contributed by atoms with Crippen molar-refractivity contribution in [3.8, 4) is 11.4 Å². The van der Waals surface area contributed by atoms with Crippen molar-refractivity contribution < 1.29 is 9.59 Å². The van der Waals surface area contributed by atoms with Crippen molar-refractivity contribution in [3.63, 3.8) is 0 Å². The van der Waals surface area contributed by atoms with E-state index in [2.05, 4.69) is 9.97 Å². The molecule has 0 unspecified atom stereocenters. The Labute approximate surface area is 151 Å². The number of ketones is 1. The number of rotatable bonds is 3. The number of H-pyrrole nitrogens is 1. The minimum atomic E-state index is -0.114. The number of aromatic amines is 1. The molecule has 0 fully saturated rings. The molecule has 5 heteroatoms. The zero-order valence-electron chi connectivity index (χ0n) is 14.5. The number of benzene rings is 2. The van der Waals surface area contributed by atoms with Crippen molar-refractivity contribution in [2.24, 2.45) is 0 Å². The lowest BCUT2D eigenvalue weighted by atomic mass is 10.0. The van der Waals surface area contributed by atoms with E-state index in [9.17, 15) is 9.59 Å². The highest BCUT2D eigenvalue weighted by Crippen LogP contribution is 2.24. The molecule has 1 amide bonds. The van der Waals surface area contributed by atoms with Gasteiger partial charge in [-0.1, -0.05) is 48.5 Å². The Balaban J connectivity index is 1.60. The molecule has 0 saturated carbocycles. The van der Waals surface area contributed by atoms with Gasteiger partial charge in [-0.2, -0.15) is 0 Å². The van der Waals surface area contributed by atoms with Crippen LogP contribution in [0, 0.1) is 0 Å². The molecule has 26 heavy (non-hydrogen) atoms. The van der Waals surface area contributed by atoms with Crippen LogP contribution < -0.4 is 0 Å². The lowest BCUT2D eigenvalue weighted by Crippen LogP contribution is -2.36. The van der Waals surface area contributed by atoms with Crippen molar-refractivity contribution in [3.05, 3.63) is 77.1 Å². The SMILES string of the molecule is CC(=O)c1ccccc1C(=O)N1CCc2nc(-c3ccccc3)[nH]c2C1. The standard InChI is InChI=1S/C21H19N3O2/c1-14(25)16-9-5-6-10-17(16)21(26)24-12-11-18-19(13-24)23-20(22-18)15-7-3-2-4-8-15/h2-10H,11-13H2,1H3,(H,22,23). The van der Waals surface area contributed by atoms with Gasteiger partial charge in [0, 0.05) is 24.1 Å². The maximum absolute atomic E-state index is 13.0. The Morgan fingerprint density at radius 3 is 2.42 bits per heavy atom. The molecule has 0 radical (unpaired) electrons. The second-order valence-electron chi connectivity index (χ2n) is 6.46. The summed E-state index contributed by atoms with van der Waals surface area (Å²) in [7, 11) is 0. The topological polar surface area (TPSA) is 66.1 Å². The number of aromatic nitrogens is 2. The third-order valence-electron chi connectivity index (χ3n) is 4.70. The van der Waals surface area contributed by atoms with Gasteiger partial charge in [-0.3, -0.25) is 9.59 Å². The fourth-order valence-electron chi connectivity index (χ4n) is 3.35. The van der Waals surface area contributed by atoms with E-state index in [4.69, 9.17) is 0 Å². The first-order valence-corrected chi connectivity index (χ1v) is 8.66. The van der Waals surface area contributed by atoms with Crippen LogP contribution in [0.1, 0.15) is 39.0 Å². The van der Waals surface area contributed by atoms with E-state index in [0.717, 1.165) is 22.8 Å². The molecule has 4 rings (SSSR count). The molecule has 5 nitrogen and oxygen atoms in total. The second-order valence-corrected chi connectivity index (χ2v) is 6.46. The molecular weight excluding hydrogens is 326 g/mol. The minimum absolute atomic E-state index is 0.0976. The third kappa shape index (κ3) is 2.92. The van der Waals surface area contributed by atoms with E-state index in [1.807, 2.05) is 30.3 Å². The molecule has 0 spiro atoms. The Bertz CT molecular complexity index is 976. The highest BCUT2D eigenvalue weighted by molar-refractivity contribution is 6.07. The lowest BCUT2D eigenvalue weighted by molar-refractivity contribution is 0.0727. The number of nitrogens with one attached hydrogen (secondary N) is 1. The minimum Gasteiger partial charge on any atom is -0.340 e. The predicted octanol–water partition coefficient (Wildman–Crippen LogP) is 3.48. The van der Waals surface area contributed by atoms with Crippen LogP contribution >= 0.6 is 0 Å². The number of carbonyl (C=O) groups is 2. The van der Waals surface area contributed by atoms with Crippen LogP contribution in [0.4, 0.5) is 0 Å². The number of nitrogens with zero attached hydrogens (tertiary/aromatic N) is 2. The van der Waals surface area contributed by atoms with Crippen LogP contribution in [0.5, 0.6) is 0 Å². The van der Waals surface area contributed by atoms with Crippen LogP contribution in [0.2, 0.25) is 0 Å². The largest absolute Gasteiger partial charge is 0.340 e. The summed E-state index contributed by atoms with van der Waals surface area (Å²) in [4.78, 5) is 34.6. The molecular formula is C21H19N3O2. The first-order chi connectivity index (χ1) is 12.6. The van der Waals surface area contributed by atoms with Gasteiger partial charge in [-0.25, -0.2) is 4.98 Å². The van der Waals surface area contributed by atoms with E-state index in [1.54, 1.807) is 29.2 Å². The molecule has 2 aromatic carbocycles. The van der Waals surface area contributed by atoms with E-state index in [-0.39, 0.29) is 11.7 Å². The molecule has 130 valence electrons. The first kappa shape index (κ1) is 16.3. The van der Waals surface area contributed by atoms with E-state index in [1.165, 1.54) is 6.92 Å². The Morgan fingerprint density at radius 1 is 1.00 bits per heavy atom. The van der Waals surface area contributed by atoms with Gasteiger partial charge in [0.2, 0.25) is 0 Å². The molecule has 0 saturated heterocycles. The fraction of sp³-hybridized carbons (Fsp3) is 0.190. The number of hydrogen-bond donors (Lipinski definition) is 1. The maximum atomic E-state index is 13.0. The summed E-state index contributed by atoms with van der Waals surface area (Å²) in [5.74, 6) is 0.617. The molecule has 3 aromatic rings. The van der Waals surface area contributed by atoms with Crippen LogP contribution in [-0.2, 0) is 13.0 Å². The predicted molar refractivity (Wildman–Crippen MR) is 98.9 cm³/mol. The normalized spacial score (nSPS) is 13.3. The number of imidazole rings is 1. The van der Waals surface area contributed by atoms with Crippen LogP contribution in [0.25, 0.3) is 11.4 Å². The zero-order valence-corrected chi connectivity index (χ0v) is 14.5. The third-order valence-corrected chi connectivity index (χ3v) is 4.70. The van der Waals surface area contributed by atoms with Crippen molar-refractivity contribution in [2.45, 2.75) is 19.9 Å². The Morgan fingerprint density at radius 2 is 1.69 bits per heavy atom. The van der Waals surface area contributed by atoms with Gasteiger partial charge in [-0.05, 0) is 13.0 Å². The van der Waals surface area contributed by atoms with Gasteiger partial charge in [0.15, 0.2) is 5.78 Å². The average Bonchev–Trinajstić information content (AvgIpc) is 3.11. The summed E-state index contributed by atoms with van der Waals surface area (Å²) >= 11 is 0. The van der Waals surface area contributed by atoms with Crippen molar-refractivity contribution in [1.29, 1.82) is 0 Å².